The van der Waals surface area contributed by atoms with Crippen molar-refractivity contribution in [3.8, 4) is 0 Å². The molecule has 0 spiro atoms. The van der Waals surface area contributed by atoms with Gasteiger partial charge < -0.3 is 10.1 Å². The average molecular weight is 250 g/mol. The summed E-state index contributed by atoms with van der Waals surface area (Å²) in [5.74, 6) is -0.452. The molecule has 3 N–H and O–H groups in total. The molecule has 90 valence electrons. The first-order chi connectivity index (χ1) is 8.15. The highest BCUT2D eigenvalue weighted by molar-refractivity contribution is 8.04. The van der Waals surface area contributed by atoms with Crippen LogP contribution in [0.1, 0.15) is 12.5 Å². The molecule has 1 aliphatic heterocycles. The van der Waals surface area contributed by atoms with Crippen molar-refractivity contribution in [2.75, 3.05) is 6.61 Å². The molecule has 1 heterocycles. The molecule has 4 nitrogen and oxygen atoms in total. The van der Waals surface area contributed by atoms with Crippen LogP contribution in [-0.2, 0) is 9.53 Å². The fourth-order valence-electron chi connectivity index (χ4n) is 1.51. The summed E-state index contributed by atoms with van der Waals surface area (Å²) >= 11 is 1.23. The van der Waals surface area contributed by atoms with Gasteiger partial charge in [0, 0.05) is 0 Å². The zero-order valence-corrected chi connectivity index (χ0v) is 10.3. The minimum Gasteiger partial charge on any atom is -0.463 e. The van der Waals surface area contributed by atoms with Gasteiger partial charge in [-0.2, -0.15) is 0 Å². The molecule has 5 heteroatoms. The van der Waals surface area contributed by atoms with E-state index in [1.165, 1.54) is 11.8 Å². The SMILES string of the molecule is CCOC(=O)C1(N)NC(c2ccccc2)=CS1. The van der Waals surface area contributed by atoms with E-state index in [2.05, 4.69) is 5.32 Å². The summed E-state index contributed by atoms with van der Waals surface area (Å²) < 4.78 is 4.93. The van der Waals surface area contributed by atoms with Gasteiger partial charge in [0.1, 0.15) is 0 Å². The summed E-state index contributed by atoms with van der Waals surface area (Å²) in [6.45, 7) is 2.08. The number of esters is 1. The van der Waals surface area contributed by atoms with E-state index in [-0.39, 0.29) is 0 Å². The Morgan fingerprint density at radius 1 is 1.47 bits per heavy atom. The van der Waals surface area contributed by atoms with Gasteiger partial charge in [0.05, 0.1) is 12.3 Å². The van der Waals surface area contributed by atoms with Crippen molar-refractivity contribution in [1.29, 1.82) is 0 Å². The van der Waals surface area contributed by atoms with Crippen LogP contribution in [0.4, 0.5) is 0 Å². The standard InChI is InChI=1S/C12H14N2O2S/c1-2-16-11(15)12(13)14-10(8-17-12)9-6-4-3-5-7-9/h3-8,14H,2,13H2,1H3. The third kappa shape index (κ3) is 2.45. The van der Waals surface area contributed by atoms with E-state index >= 15 is 0 Å². The summed E-state index contributed by atoms with van der Waals surface area (Å²) in [6, 6.07) is 9.71. The van der Waals surface area contributed by atoms with Crippen molar-refractivity contribution < 1.29 is 9.53 Å². The molecule has 1 unspecified atom stereocenters. The predicted octanol–water partition coefficient (Wildman–Crippen LogP) is 1.50. The van der Waals surface area contributed by atoms with Gasteiger partial charge in [-0.05, 0) is 17.9 Å². The number of thioether (sulfide) groups is 1. The Hall–Kier alpha value is -1.46. The molecule has 1 aromatic carbocycles. The zero-order valence-electron chi connectivity index (χ0n) is 9.47. The van der Waals surface area contributed by atoms with Crippen LogP contribution in [0.15, 0.2) is 35.7 Å². The van der Waals surface area contributed by atoms with Crippen LogP contribution >= 0.6 is 11.8 Å². The Morgan fingerprint density at radius 2 is 2.18 bits per heavy atom. The molecule has 0 fully saturated rings. The second kappa shape index (κ2) is 4.81. The molecule has 0 saturated carbocycles. The molecule has 0 bridgehead atoms. The maximum atomic E-state index is 11.7. The van der Waals surface area contributed by atoms with E-state index in [1.807, 2.05) is 35.7 Å². The molecule has 0 aliphatic carbocycles. The zero-order chi connectivity index (χ0) is 12.3. The molecule has 1 aliphatic rings. The van der Waals surface area contributed by atoms with Crippen LogP contribution in [-0.4, -0.2) is 17.6 Å². The molecular weight excluding hydrogens is 236 g/mol. The number of nitrogens with two attached hydrogens (primary N) is 1. The third-order valence-electron chi connectivity index (χ3n) is 2.35. The molecule has 0 amide bonds. The van der Waals surface area contributed by atoms with Gasteiger partial charge in [-0.3, -0.25) is 5.73 Å². The monoisotopic (exact) mass is 250 g/mol. The van der Waals surface area contributed by atoms with E-state index in [0.717, 1.165) is 11.3 Å². The second-order valence-corrected chi connectivity index (χ2v) is 4.71. The van der Waals surface area contributed by atoms with E-state index < -0.39 is 11.0 Å². The summed E-state index contributed by atoms with van der Waals surface area (Å²) in [5.41, 5.74) is 7.78. The molecular formula is C12H14N2O2S. The molecule has 1 atom stereocenters. The van der Waals surface area contributed by atoms with Crippen molar-refractivity contribution in [3.05, 3.63) is 41.3 Å². The number of ether oxygens (including phenoxy) is 1. The summed E-state index contributed by atoms with van der Waals surface area (Å²) in [7, 11) is 0. The first-order valence-corrected chi connectivity index (χ1v) is 6.21. The van der Waals surface area contributed by atoms with E-state index in [4.69, 9.17) is 10.5 Å². The summed E-state index contributed by atoms with van der Waals surface area (Å²) in [4.78, 5) is 10.5. The maximum absolute atomic E-state index is 11.7. The molecule has 0 radical (unpaired) electrons. The molecule has 0 aromatic heterocycles. The Labute approximate surface area is 104 Å². The van der Waals surface area contributed by atoms with E-state index in [1.54, 1.807) is 6.92 Å². The van der Waals surface area contributed by atoms with Gasteiger partial charge >= 0.3 is 5.97 Å². The van der Waals surface area contributed by atoms with Gasteiger partial charge in [0.15, 0.2) is 0 Å². The lowest BCUT2D eigenvalue weighted by atomic mass is 10.2. The molecule has 1 aromatic rings. The highest BCUT2D eigenvalue weighted by Crippen LogP contribution is 2.32. The topological polar surface area (TPSA) is 64.3 Å². The first kappa shape index (κ1) is 12.0. The fraction of sp³-hybridized carbons (Fsp3) is 0.250. The van der Waals surface area contributed by atoms with Gasteiger partial charge in [-0.1, -0.05) is 42.1 Å². The lowest BCUT2D eigenvalue weighted by Gasteiger charge is -2.22. The lowest BCUT2D eigenvalue weighted by molar-refractivity contribution is -0.146. The van der Waals surface area contributed by atoms with E-state index in [0.29, 0.717) is 6.61 Å². The highest BCUT2D eigenvalue weighted by atomic mass is 32.2. The first-order valence-electron chi connectivity index (χ1n) is 5.33. The van der Waals surface area contributed by atoms with Crippen LogP contribution in [0, 0.1) is 0 Å². The quantitative estimate of drug-likeness (QED) is 0.796. The van der Waals surface area contributed by atoms with Gasteiger partial charge in [0.2, 0.25) is 4.99 Å². The predicted molar refractivity (Wildman–Crippen MR) is 68.7 cm³/mol. The normalized spacial score (nSPS) is 22.8. The van der Waals surface area contributed by atoms with Crippen molar-refractivity contribution in [2.24, 2.45) is 5.73 Å². The van der Waals surface area contributed by atoms with Crippen molar-refractivity contribution >= 4 is 23.4 Å². The molecule has 2 rings (SSSR count). The Morgan fingerprint density at radius 3 is 2.82 bits per heavy atom. The minimum absolute atomic E-state index is 0.320. The van der Waals surface area contributed by atoms with Crippen LogP contribution in [0.2, 0.25) is 0 Å². The maximum Gasteiger partial charge on any atom is 0.358 e. The van der Waals surface area contributed by atoms with Crippen LogP contribution in [0.25, 0.3) is 5.70 Å². The van der Waals surface area contributed by atoms with Gasteiger partial charge in [-0.25, -0.2) is 4.79 Å². The Balaban J connectivity index is 2.11. The van der Waals surface area contributed by atoms with Crippen molar-refractivity contribution in [3.63, 3.8) is 0 Å². The smallest absolute Gasteiger partial charge is 0.358 e. The largest absolute Gasteiger partial charge is 0.463 e. The van der Waals surface area contributed by atoms with E-state index in [9.17, 15) is 4.79 Å². The Kier molecular flexibility index (Phi) is 3.40. The van der Waals surface area contributed by atoms with Crippen LogP contribution in [0.5, 0.6) is 0 Å². The third-order valence-corrected chi connectivity index (χ3v) is 3.34. The number of carbonyl (C=O) groups is 1. The molecule has 0 saturated heterocycles. The molecule has 17 heavy (non-hydrogen) atoms. The number of hydrogen-bond donors (Lipinski definition) is 2. The van der Waals surface area contributed by atoms with Crippen molar-refractivity contribution in [1.82, 2.24) is 5.32 Å². The highest BCUT2D eigenvalue weighted by Gasteiger charge is 2.40. The van der Waals surface area contributed by atoms with Crippen LogP contribution in [0.3, 0.4) is 0 Å². The number of carbonyl (C=O) groups excluding carboxylic acids is 1. The second-order valence-electron chi connectivity index (χ2n) is 3.60. The number of benzene rings is 1. The number of hydrogen-bond acceptors (Lipinski definition) is 5. The lowest BCUT2D eigenvalue weighted by Crippen LogP contribution is -2.54. The van der Waals surface area contributed by atoms with Gasteiger partial charge in [0.25, 0.3) is 0 Å². The van der Waals surface area contributed by atoms with Crippen LogP contribution < -0.4 is 11.1 Å². The summed E-state index contributed by atoms with van der Waals surface area (Å²) in [6.07, 6.45) is 0. The summed E-state index contributed by atoms with van der Waals surface area (Å²) in [5, 5.41) is 4.84. The number of rotatable bonds is 3. The van der Waals surface area contributed by atoms with Crippen molar-refractivity contribution in [2.45, 2.75) is 11.9 Å². The fourth-order valence-corrected chi connectivity index (χ4v) is 2.33. The van der Waals surface area contributed by atoms with Gasteiger partial charge in [-0.15, -0.1) is 0 Å². The minimum atomic E-state index is -1.21. The average Bonchev–Trinajstić information content (AvgIpc) is 2.75. The number of nitrogens with one attached hydrogen (secondary N) is 1. The Bertz CT molecular complexity index is 447.